The van der Waals surface area contributed by atoms with Gasteiger partial charge in [-0.15, -0.1) is 0 Å². The number of hydrogen-bond acceptors (Lipinski definition) is 2. The lowest BCUT2D eigenvalue weighted by molar-refractivity contribution is 0.590. The highest BCUT2D eigenvalue weighted by molar-refractivity contribution is 6.93. The molecule has 0 saturated heterocycles. The van der Waals surface area contributed by atoms with Crippen LogP contribution in [0.3, 0.4) is 0 Å². The van der Waals surface area contributed by atoms with E-state index in [1.54, 1.807) is 0 Å². The first-order chi connectivity index (χ1) is 25.8. The first-order valence-electron chi connectivity index (χ1n) is 20.2. The minimum atomic E-state index is -0.110. The van der Waals surface area contributed by atoms with E-state index in [4.69, 9.17) is 0 Å². The van der Waals surface area contributed by atoms with Crippen LogP contribution in [-0.2, 0) is 21.7 Å². The Labute approximate surface area is 330 Å². The van der Waals surface area contributed by atoms with Gasteiger partial charge in [0.25, 0.3) is 0 Å². The van der Waals surface area contributed by atoms with E-state index >= 15 is 0 Å². The van der Waals surface area contributed by atoms with Crippen molar-refractivity contribution in [1.82, 2.24) is 0 Å². The van der Waals surface area contributed by atoms with Crippen LogP contribution in [0.5, 0.6) is 0 Å². The molecule has 2 nitrogen and oxygen atoms in total. The van der Waals surface area contributed by atoms with Gasteiger partial charge in [-0.1, -0.05) is 143 Å². The predicted molar refractivity (Wildman–Crippen MR) is 239 cm³/mol. The number of anilines is 5. The summed E-state index contributed by atoms with van der Waals surface area (Å²) in [6.45, 7) is 27.9. The van der Waals surface area contributed by atoms with Crippen molar-refractivity contribution in [2.75, 3.05) is 9.71 Å². The van der Waals surface area contributed by atoms with E-state index < -0.39 is 0 Å². The standard InChI is InChI=1S/C52H55BN2/c1-32-27-41-40-30-39-38-15-13-14-16-42(38)52(11,12)43(39)31-46(40)55(37-24-19-34(20-25-37)50(5,6)7)53-44-29-35(51(8,9)10)21-26-45(44)54(47(28-32)48(41)53)36-22-17-33(18-23-36)49(2,3)4/h13-31H,1-12H3. The molecule has 3 heteroatoms. The molecule has 55 heavy (non-hydrogen) atoms. The van der Waals surface area contributed by atoms with Gasteiger partial charge in [0.2, 0.25) is 0 Å². The molecule has 276 valence electrons. The predicted octanol–water partition coefficient (Wildman–Crippen LogP) is 12.9. The largest absolute Gasteiger partial charge is 0.376 e. The van der Waals surface area contributed by atoms with E-state index in [1.165, 1.54) is 95.0 Å². The summed E-state index contributed by atoms with van der Waals surface area (Å²) < 4.78 is 0. The summed E-state index contributed by atoms with van der Waals surface area (Å²) in [4.78, 5) is 5.24. The topological polar surface area (TPSA) is 6.48 Å². The monoisotopic (exact) mass is 718 g/mol. The second-order valence-electron chi connectivity index (χ2n) is 20.1. The molecular formula is C52H55BN2. The highest BCUT2D eigenvalue weighted by atomic mass is 15.2. The third-order valence-corrected chi connectivity index (χ3v) is 12.8. The second-order valence-corrected chi connectivity index (χ2v) is 20.1. The van der Waals surface area contributed by atoms with Crippen LogP contribution in [-0.4, -0.2) is 6.85 Å². The van der Waals surface area contributed by atoms with E-state index in [0.29, 0.717) is 0 Å². The van der Waals surface area contributed by atoms with Gasteiger partial charge in [0, 0.05) is 39.4 Å². The maximum Gasteiger partial charge on any atom is 0.333 e. The maximum atomic E-state index is 2.69. The van der Waals surface area contributed by atoms with E-state index in [-0.39, 0.29) is 28.5 Å². The van der Waals surface area contributed by atoms with Gasteiger partial charge in [0.05, 0.1) is 0 Å². The van der Waals surface area contributed by atoms with Crippen LogP contribution in [0.25, 0.3) is 22.3 Å². The minimum absolute atomic E-state index is 0.00696. The fourth-order valence-electron chi connectivity index (χ4n) is 9.56. The Morgan fingerprint density at radius 2 is 1.05 bits per heavy atom. The van der Waals surface area contributed by atoms with Gasteiger partial charge in [-0.3, -0.25) is 0 Å². The van der Waals surface area contributed by atoms with Crippen LogP contribution >= 0.6 is 0 Å². The summed E-state index contributed by atoms with van der Waals surface area (Å²) in [6.07, 6.45) is 0. The lowest BCUT2D eigenvalue weighted by Gasteiger charge is -2.46. The van der Waals surface area contributed by atoms with Crippen LogP contribution in [0, 0.1) is 6.92 Å². The molecule has 1 aliphatic carbocycles. The first-order valence-corrected chi connectivity index (χ1v) is 20.2. The number of fused-ring (bicyclic) bond motifs is 7. The molecule has 0 radical (unpaired) electrons. The molecule has 0 spiro atoms. The number of aryl methyl sites for hydroxylation is 1. The molecule has 0 amide bonds. The highest BCUT2D eigenvalue weighted by Gasteiger charge is 2.47. The maximum absolute atomic E-state index is 2.69. The van der Waals surface area contributed by atoms with Gasteiger partial charge in [-0.05, 0) is 133 Å². The highest BCUT2D eigenvalue weighted by Crippen LogP contribution is 2.55. The van der Waals surface area contributed by atoms with E-state index in [0.717, 1.165) is 0 Å². The van der Waals surface area contributed by atoms with Crippen molar-refractivity contribution in [2.45, 2.75) is 105 Å². The van der Waals surface area contributed by atoms with Crippen molar-refractivity contribution in [3.63, 3.8) is 0 Å². The smallest absolute Gasteiger partial charge is 0.333 e. The van der Waals surface area contributed by atoms with Crippen molar-refractivity contribution in [3.05, 3.63) is 149 Å². The number of rotatable bonds is 2. The molecule has 0 fully saturated rings. The number of nitrogens with zero attached hydrogens (tertiary/aromatic N) is 2. The second kappa shape index (κ2) is 11.7. The number of benzene rings is 6. The first kappa shape index (κ1) is 35.7. The third kappa shape index (κ3) is 5.44. The molecule has 6 aromatic carbocycles. The van der Waals surface area contributed by atoms with Gasteiger partial charge in [0.1, 0.15) is 0 Å². The summed E-state index contributed by atoms with van der Waals surface area (Å²) in [6, 6.07) is 45.1. The van der Waals surface area contributed by atoms with Crippen molar-refractivity contribution >= 4 is 46.2 Å². The number of hydrogen-bond donors (Lipinski definition) is 0. The molecule has 0 bridgehead atoms. The summed E-state index contributed by atoms with van der Waals surface area (Å²) in [5.74, 6) is 0. The summed E-state index contributed by atoms with van der Waals surface area (Å²) in [5.41, 5.74) is 22.4. The Balaban J connectivity index is 1.39. The molecule has 0 aromatic heterocycles. The Morgan fingerprint density at radius 3 is 1.67 bits per heavy atom. The van der Waals surface area contributed by atoms with E-state index in [1.807, 2.05) is 0 Å². The van der Waals surface area contributed by atoms with Crippen molar-refractivity contribution < 1.29 is 0 Å². The van der Waals surface area contributed by atoms with Crippen LogP contribution < -0.4 is 20.6 Å². The van der Waals surface area contributed by atoms with Crippen molar-refractivity contribution in [3.8, 4) is 22.3 Å². The Hall–Kier alpha value is -5.02. The molecule has 9 rings (SSSR count). The van der Waals surface area contributed by atoms with Gasteiger partial charge in [-0.25, -0.2) is 0 Å². The van der Waals surface area contributed by atoms with Gasteiger partial charge in [0.15, 0.2) is 0 Å². The van der Waals surface area contributed by atoms with Crippen LogP contribution in [0.1, 0.15) is 110 Å². The van der Waals surface area contributed by atoms with Crippen LogP contribution in [0.2, 0.25) is 0 Å². The van der Waals surface area contributed by atoms with Crippen LogP contribution in [0.15, 0.2) is 115 Å². The molecule has 3 aliphatic rings. The van der Waals surface area contributed by atoms with Crippen LogP contribution in [0.4, 0.5) is 28.4 Å². The molecule has 2 heterocycles. The molecule has 0 unspecified atom stereocenters. The third-order valence-electron chi connectivity index (χ3n) is 12.8. The Kier molecular flexibility index (Phi) is 7.62. The Morgan fingerprint density at radius 1 is 0.473 bits per heavy atom. The average Bonchev–Trinajstić information content (AvgIpc) is 3.35. The lowest BCUT2D eigenvalue weighted by Crippen LogP contribution is -2.61. The van der Waals surface area contributed by atoms with Gasteiger partial charge in [-0.2, -0.15) is 0 Å². The molecule has 6 aromatic rings. The van der Waals surface area contributed by atoms with Gasteiger partial charge < -0.3 is 9.71 Å². The lowest BCUT2D eigenvalue weighted by atomic mass is 9.43. The van der Waals surface area contributed by atoms with Crippen molar-refractivity contribution in [1.29, 1.82) is 0 Å². The molecule has 0 atom stereocenters. The SMILES string of the molecule is Cc1cc2c3c(c1)N(c1ccc(C(C)(C)C)cc1)c1ccc(C(C)(C)C)cc1B3N(c1ccc(C(C)(C)C)cc1)c1cc3c(cc1-2)-c1ccccc1C3(C)C. The van der Waals surface area contributed by atoms with E-state index in [9.17, 15) is 0 Å². The van der Waals surface area contributed by atoms with Crippen molar-refractivity contribution in [2.24, 2.45) is 0 Å². The fraction of sp³-hybridized carbons (Fsp3) is 0.308. The zero-order valence-electron chi connectivity index (χ0n) is 34.9. The molecule has 0 N–H and O–H groups in total. The summed E-state index contributed by atoms with van der Waals surface area (Å²) >= 11 is 0. The minimum Gasteiger partial charge on any atom is -0.376 e. The Bertz CT molecular complexity index is 2520. The normalized spacial score (nSPS) is 15.3. The molecular weight excluding hydrogens is 663 g/mol. The molecule has 2 aliphatic heterocycles. The zero-order valence-corrected chi connectivity index (χ0v) is 34.9. The van der Waals surface area contributed by atoms with Gasteiger partial charge >= 0.3 is 6.85 Å². The summed E-state index contributed by atoms with van der Waals surface area (Å²) in [5, 5.41) is 0. The zero-order chi connectivity index (χ0) is 39.0. The average molecular weight is 719 g/mol. The fourth-order valence-corrected chi connectivity index (χ4v) is 9.56. The summed E-state index contributed by atoms with van der Waals surface area (Å²) in [7, 11) is 0. The molecule has 0 saturated carbocycles. The quantitative estimate of drug-likeness (QED) is 0.165. The van der Waals surface area contributed by atoms with E-state index in [2.05, 4.69) is 208 Å².